The van der Waals surface area contributed by atoms with Gasteiger partial charge in [-0.25, -0.2) is 0 Å². The molecule has 1 fully saturated rings. The van der Waals surface area contributed by atoms with Crippen molar-refractivity contribution in [3.63, 3.8) is 0 Å². The van der Waals surface area contributed by atoms with Gasteiger partial charge in [0.05, 0.1) is 12.1 Å². The maximum Gasteiger partial charge on any atom is 0.416 e. The summed E-state index contributed by atoms with van der Waals surface area (Å²) in [4.78, 5) is 8.64. The Morgan fingerprint density at radius 1 is 1.17 bits per heavy atom. The number of nitrogens with one attached hydrogen (secondary N) is 1. The molecule has 1 aliphatic heterocycles. The van der Waals surface area contributed by atoms with Crippen LogP contribution in [-0.2, 0) is 26.3 Å². The van der Waals surface area contributed by atoms with Crippen LogP contribution in [0.25, 0.3) is 0 Å². The highest BCUT2D eigenvalue weighted by molar-refractivity contribution is 5.79. The molecule has 0 radical (unpaired) electrons. The molecule has 0 aliphatic carbocycles. The summed E-state index contributed by atoms with van der Waals surface area (Å²) in [5.41, 5.74) is 0.0747. The molecule has 0 spiro atoms. The zero-order valence-corrected chi connectivity index (χ0v) is 16.9. The number of benzene rings is 1. The highest BCUT2D eigenvalue weighted by Gasteiger charge is 2.30. The van der Waals surface area contributed by atoms with E-state index in [9.17, 15) is 13.2 Å². The second kappa shape index (κ2) is 8.81. The molecule has 0 atom stereocenters. The van der Waals surface area contributed by atoms with Crippen LogP contribution in [0.1, 0.15) is 22.8 Å². The normalized spacial score (nSPS) is 16.3. The lowest BCUT2D eigenvalue weighted by molar-refractivity contribution is -0.137. The molecular weight excluding hydrogens is 383 g/mol. The molecule has 0 saturated carbocycles. The van der Waals surface area contributed by atoms with Gasteiger partial charge in [0.25, 0.3) is 0 Å². The topological polar surface area (TPSA) is 61.6 Å². The van der Waals surface area contributed by atoms with E-state index in [1.807, 2.05) is 18.5 Å². The number of rotatable bonds is 4. The summed E-state index contributed by atoms with van der Waals surface area (Å²) in [6.07, 6.45) is -4.31. The number of aromatic nitrogens is 3. The van der Waals surface area contributed by atoms with Gasteiger partial charge in [-0.1, -0.05) is 18.2 Å². The molecule has 3 rings (SSSR count). The summed E-state index contributed by atoms with van der Waals surface area (Å²) in [7, 11) is 3.65. The van der Waals surface area contributed by atoms with Crippen molar-refractivity contribution >= 4 is 5.96 Å². The van der Waals surface area contributed by atoms with Crippen LogP contribution in [0, 0.1) is 6.92 Å². The Morgan fingerprint density at radius 3 is 2.48 bits per heavy atom. The van der Waals surface area contributed by atoms with Gasteiger partial charge in [-0.2, -0.15) is 13.2 Å². The Bertz CT molecular complexity index is 852. The highest BCUT2D eigenvalue weighted by atomic mass is 19.4. The number of hydrogen-bond donors (Lipinski definition) is 1. The molecule has 1 aliphatic rings. The van der Waals surface area contributed by atoms with Gasteiger partial charge < -0.3 is 14.8 Å². The van der Waals surface area contributed by atoms with Gasteiger partial charge in [0, 0.05) is 46.8 Å². The number of aliphatic imine (C=N–C) groups is 1. The van der Waals surface area contributed by atoms with Crippen molar-refractivity contribution in [3.05, 3.63) is 47.0 Å². The first-order valence-corrected chi connectivity index (χ1v) is 9.47. The van der Waals surface area contributed by atoms with E-state index in [0.717, 1.165) is 49.9 Å². The quantitative estimate of drug-likeness (QED) is 0.619. The molecule has 2 heterocycles. The van der Waals surface area contributed by atoms with Gasteiger partial charge in [0.15, 0.2) is 11.8 Å². The smallest absolute Gasteiger partial charge is 0.349 e. The Balaban J connectivity index is 1.52. The number of aryl methyl sites for hydroxylation is 1. The largest absolute Gasteiger partial charge is 0.416 e. The standard InChI is InChI=1S/C19H26F3N7/c1-14-25-26-17(27(14)3)12-24-18(23-2)29-9-7-28(8-10-29)13-15-5-4-6-16(11-15)19(20,21)22/h4-6,11H,7-10,12-13H2,1-3H3,(H,23,24). The molecule has 1 saturated heterocycles. The van der Waals surface area contributed by atoms with Crippen molar-refractivity contribution in [3.8, 4) is 0 Å². The molecule has 1 N–H and O–H groups in total. The van der Waals surface area contributed by atoms with Crippen LogP contribution in [0.5, 0.6) is 0 Å². The van der Waals surface area contributed by atoms with Gasteiger partial charge in [0.1, 0.15) is 5.82 Å². The third-order valence-corrected chi connectivity index (χ3v) is 5.13. The molecule has 0 unspecified atom stereocenters. The Hall–Kier alpha value is -2.62. The monoisotopic (exact) mass is 409 g/mol. The fourth-order valence-electron chi connectivity index (χ4n) is 3.32. The van der Waals surface area contributed by atoms with E-state index in [2.05, 4.69) is 30.3 Å². The molecule has 2 aromatic rings. The van der Waals surface area contributed by atoms with Gasteiger partial charge in [-0.3, -0.25) is 9.89 Å². The van der Waals surface area contributed by atoms with Crippen molar-refractivity contribution < 1.29 is 13.2 Å². The molecule has 158 valence electrons. The van der Waals surface area contributed by atoms with Crippen LogP contribution in [-0.4, -0.2) is 63.8 Å². The van der Waals surface area contributed by atoms with Crippen LogP contribution >= 0.6 is 0 Å². The molecule has 10 heteroatoms. The van der Waals surface area contributed by atoms with Crippen molar-refractivity contribution in [2.45, 2.75) is 26.2 Å². The van der Waals surface area contributed by atoms with Gasteiger partial charge in [-0.05, 0) is 18.6 Å². The van der Waals surface area contributed by atoms with Crippen LogP contribution in [0.3, 0.4) is 0 Å². The molecule has 0 bridgehead atoms. The van der Waals surface area contributed by atoms with Gasteiger partial charge in [0.2, 0.25) is 0 Å². The molecule has 29 heavy (non-hydrogen) atoms. The Kier molecular flexibility index (Phi) is 6.41. The molecular formula is C19H26F3N7. The predicted molar refractivity (Wildman–Crippen MR) is 104 cm³/mol. The Morgan fingerprint density at radius 2 is 1.90 bits per heavy atom. The van der Waals surface area contributed by atoms with E-state index in [1.165, 1.54) is 12.1 Å². The van der Waals surface area contributed by atoms with Crippen molar-refractivity contribution in [1.82, 2.24) is 29.9 Å². The maximum atomic E-state index is 12.9. The number of piperazine rings is 1. The highest BCUT2D eigenvalue weighted by Crippen LogP contribution is 2.29. The molecule has 0 amide bonds. The lowest BCUT2D eigenvalue weighted by Crippen LogP contribution is -2.52. The van der Waals surface area contributed by atoms with E-state index in [-0.39, 0.29) is 0 Å². The van der Waals surface area contributed by atoms with Crippen LogP contribution in [0.15, 0.2) is 29.3 Å². The number of alkyl halides is 3. The minimum absolute atomic E-state index is 0.502. The predicted octanol–water partition coefficient (Wildman–Crippen LogP) is 2.04. The molecule has 7 nitrogen and oxygen atoms in total. The lowest BCUT2D eigenvalue weighted by atomic mass is 10.1. The van der Waals surface area contributed by atoms with Crippen molar-refractivity contribution in [2.75, 3.05) is 33.2 Å². The lowest BCUT2D eigenvalue weighted by Gasteiger charge is -2.36. The number of halogens is 3. The minimum atomic E-state index is -4.31. The van der Waals surface area contributed by atoms with Gasteiger partial charge in [-0.15, -0.1) is 10.2 Å². The second-order valence-corrected chi connectivity index (χ2v) is 7.08. The van der Waals surface area contributed by atoms with E-state index in [1.54, 1.807) is 13.1 Å². The Labute approximate surface area is 168 Å². The number of hydrogen-bond acceptors (Lipinski definition) is 4. The van der Waals surface area contributed by atoms with Crippen LogP contribution in [0.2, 0.25) is 0 Å². The first-order chi connectivity index (χ1) is 13.8. The molecule has 1 aromatic heterocycles. The number of nitrogens with zero attached hydrogens (tertiary/aromatic N) is 6. The summed E-state index contributed by atoms with van der Waals surface area (Å²) in [5, 5.41) is 11.5. The summed E-state index contributed by atoms with van der Waals surface area (Å²) in [5.74, 6) is 2.45. The fourth-order valence-corrected chi connectivity index (χ4v) is 3.32. The first-order valence-electron chi connectivity index (χ1n) is 9.47. The SMILES string of the molecule is CN=C(NCc1nnc(C)n1C)N1CCN(Cc2cccc(C(F)(F)F)c2)CC1. The van der Waals surface area contributed by atoms with E-state index in [0.29, 0.717) is 18.7 Å². The third kappa shape index (κ3) is 5.26. The first kappa shape index (κ1) is 21.1. The van der Waals surface area contributed by atoms with E-state index in [4.69, 9.17) is 0 Å². The van der Waals surface area contributed by atoms with Gasteiger partial charge >= 0.3 is 6.18 Å². The minimum Gasteiger partial charge on any atom is -0.349 e. The van der Waals surface area contributed by atoms with Crippen molar-refractivity contribution in [2.24, 2.45) is 12.0 Å². The van der Waals surface area contributed by atoms with E-state index >= 15 is 0 Å². The third-order valence-electron chi connectivity index (χ3n) is 5.13. The zero-order valence-electron chi connectivity index (χ0n) is 16.9. The summed E-state index contributed by atoms with van der Waals surface area (Å²) in [6, 6.07) is 5.55. The van der Waals surface area contributed by atoms with Crippen LogP contribution < -0.4 is 5.32 Å². The van der Waals surface area contributed by atoms with Crippen LogP contribution in [0.4, 0.5) is 13.2 Å². The molecule has 1 aromatic carbocycles. The number of guanidine groups is 1. The second-order valence-electron chi connectivity index (χ2n) is 7.08. The fraction of sp³-hybridized carbons (Fsp3) is 0.526. The average Bonchev–Trinajstić information content (AvgIpc) is 3.01. The average molecular weight is 409 g/mol. The van der Waals surface area contributed by atoms with Crippen molar-refractivity contribution in [1.29, 1.82) is 0 Å². The summed E-state index contributed by atoms with van der Waals surface area (Å²) >= 11 is 0. The maximum absolute atomic E-state index is 12.9. The van der Waals surface area contributed by atoms with E-state index < -0.39 is 11.7 Å². The summed E-state index contributed by atoms with van der Waals surface area (Å²) < 4.78 is 40.6. The zero-order chi connectivity index (χ0) is 21.0. The summed E-state index contributed by atoms with van der Waals surface area (Å²) in [6.45, 7) is 5.92.